The molecule has 1 saturated carbocycles. The normalized spacial score (nSPS) is 14.6. The maximum absolute atomic E-state index is 14.8. The Morgan fingerprint density at radius 3 is 2.68 bits per heavy atom. The Morgan fingerprint density at radius 1 is 1.36 bits per heavy atom. The highest BCUT2D eigenvalue weighted by molar-refractivity contribution is 5.85. The number of carbonyl (C=O) groups excluding carboxylic acids is 1. The van der Waals surface area contributed by atoms with Crippen molar-refractivity contribution in [1.29, 1.82) is 0 Å². The van der Waals surface area contributed by atoms with Crippen molar-refractivity contribution in [3.63, 3.8) is 0 Å². The average Bonchev–Trinajstić information content (AvgIpc) is 3.37. The van der Waals surface area contributed by atoms with Gasteiger partial charge >= 0.3 is 5.92 Å². The molecule has 28 heavy (non-hydrogen) atoms. The fourth-order valence-corrected chi connectivity index (χ4v) is 3.05. The molecule has 0 saturated heterocycles. The van der Waals surface area contributed by atoms with Crippen LogP contribution in [0.1, 0.15) is 48.6 Å². The number of rotatable bonds is 5. The number of fused-ring (bicyclic) bond motifs is 1. The molecule has 7 nitrogen and oxygen atoms in total. The minimum atomic E-state index is -3.34. The quantitative estimate of drug-likeness (QED) is 0.722. The van der Waals surface area contributed by atoms with Gasteiger partial charge in [0, 0.05) is 24.4 Å². The Morgan fingerprint density at radius 2 is 2.07 bits per heavy atom. The summed E-state index contributed by atoms with van der Waals surface area (Å²) in [6.45, 7) is 1.94. The lowest BCUT2D eigenvalue weighted by atomic mass is 10.1. The number of nitrogens with two attached hydrogens (primary N) is 1. The predicted octanol–water partition coefficient (Wildman–Crippen LogP) is 2.67. The van der Waals surface area contributed by atoms with Gasteiger partial charge < -0.3 is 5.73 Å². The number of halogens is 3. The van der Waals surface area contributed by atoms with Gasteiger partial charge in [-0.1, -0.05) is 0 Å². The molecular weight excluding hydrogens is 373 g/mol. The minimum absolute atomic E-state index is 0.108. The molecule has 4 rings (SSSR count). The van der Waals surface area contributed by atoms with Crippen molar-refractivity contribution >= 4 is 16.8 Å². The van der Waals surface area contributed by atoms with E-state index in [2.05, 4.69) is 20.1 Å². The molecule has 1 aliphatic carbocycles. The molecule has 0 spiro atoms. The van der Waals surface area contributed by atoms with Gasteiger partial charge in [0.25, 0.3) is 0 Å². The highest BCUT2D eigenvalue weighted by Gasteiger charge is 2.33. The van der Waals surface area contributed by atoms with Crippen molar-refractivity contribution in [1.82, 2.24) is 24.7 Å². The fourth-order valence-electron chi connectivity index (χ4n) is 3.05. The highest BCUT2D eigenvalue weighted by atomic mass is 19.3. The lowest BCUT2D eigenvalue weighted by Gasteiger charge is -2.13. The lowest BCUT2D eigenvalue weighted by Crippen LogP contribution is -2.18. The molecule has 10 heteroatoms. The van der Waals surface area contributed by atoms with Crippen LogP contribution in [0.4, 0.5) is 13.2 Å². The van der Waals surface area contributed by atoms with Gasteiger partial charge in [0.05, 0.1) is 29.0 Å². The Hall–Kier alpha value is -3.04. The molecule has 0 aromatic carbocycles. The van der Waals surface area contributed by atoms with Crippen molar-refractivity contribution in [3.8, 4) is 5.82 Å². The van der Waals surface area contributed by atoms with E-state index < -0.39 is 23.5 Å². The molecule has 1 amide bonds. The molecule has 0 radical (unpaired) electrons. The molecule has 2 N–H and O–H groups in total. The first-order valence-corrected chi connectivity index (χ1v) is 8.74. The first-order valence-electron chi connectivity index (χ1n) is 8.74. The van der Waals surface area contributed by atoms with E-state index in [4.69, 9.17) is 5.73 Å². The van der Waals surface area contributed by atoms with E-state index in [9.17, 15) is 18.0 Å². The third-order valence-electron chi connectivity index (χ3n) is 4.56. The van der Waals surface area contributed by atoms with Crippen LogP contribution in [0.25, 0.3) is 16.7 Å². The van der Waals surface area contributed by atoms with Gasteiger partial charge in [-0.3, -0.25) is 9.78 Å². The van der Waals surface area contributed by atoms with Crippen LogP contribution in [0, 0.1) is 12.7 Å². The molecule has 1 fully saturated rings. The number of alkyl halides is 2. The van der Waals surface area contributed by atoms with Crippen molar-refractivity contribution < 1.29 is 18.0 Å². The Labute approximate surface area is 157 Å². The summed E-state index contributed by atoms with van der Waals surface area (Å²) in [4.78, 5) is 22.8. The lowest BCUT2D eigenvalue weighted by molar-refractivity contribution is -0.117. The number of hydrogen-bond donors (Lipinski definition) is 1. The molecular formula is C18H17F3N6O. The largest absolute Gasteiger partial charge is 0.369 e. The minimum Gasteiger partial charge on any atom is -0.369 e. The first kappa shape index (κ1) is 18.3. The van der Waals surface area contributed by atoms with Crippen LogP contribution >= 0.6 is 0 Å². The van der Waals surface area contributed by atoms with E-state index in [1.165, 1.54) is 11.6 Å². The summed E-state index contributed by atoms with van der Waals surface area (Å²) in [5, 5.41) is 5.12. The number of aromatic nitrogens is 5. The molecule has 0 aliphatic heterocycles. The van der Waals surface area contributed by atoms with Crippen LogP contribution in [0.3, 0.4) is 0 Å². The van der Waals surface area contributed by atoms with Crippen LogP contribution in [0.2, 0.25) is 0 Å². The van der Waals surface area contributed by atoms with E-state index >= 15 is 0 Å². The van der Waals surface area contributed by atoms with E-state index in [0.717, 1.165) is 12.8 Å². The zero-order chi connectivity index (χ0) is 20.2. The zero-order valence-corrected chi connectivity index (χ0v) is 15.2. The second kappa shape index (κ2) is 6.25. The van der Waals surface area contributed by atoms with Crippen LogP contribution < -0.4 is 5.73 Å². The van der Waals surface area contributed by atoms with E-state index in [1.54, 1.807) is 12.3 Å². The first-order chi connectivity index (χ1) is 13.1. The molecule has 146 valence electrons. The smallest absolute Gasteiger partial charge is 0.303 e. The molecule has 3 heterocycles. The number of primary amides is 1. The van der Waals surface area contributed by atoms with Crippen LogP contribution in [0.15, 0.2) is 12.3 Å². The molecule has 0 bridgehead atoms. The maximum atomic E-state index is 14.8. The van der Waals surface area contributed by atoms with Crippen LogP contribution in [0.5, 0.6) is 0 Å². The summed E-state index contributed by atoms with van der Waals surface area (Å²) < 4.78 is 43.6. The van der Waals surface area contributed by atoms with Gasteiger partial charge in [0.15, 0.2) is 11.6 Å². The van der Waals surface area contributed by atoms with E-state index in [1.807, 2.05) is 0 Å². The summed E-state index contributed by atoms with van der Waals surface area (Å²) in [5.74, 6) is -5.70. The third kappa shape index (κ3) is 3.19. The van der Waals surface area contributed by atoms with Gasteiger partial charge in [-0.05, 0) is 25.8 Å². The van der Waals surface area contributed by atoms with Gasteiger partial charge in [0.1, 0.15) is 0 Å². The van der Waals surface area contributed by atoms with Crippen molar-refractivity contribution in [2.24, 2.45) is 5.73 Å². The number of amides is 1. The second-order valence-corrected chi connectivity index (χ2v) is 7.07. The number of hydrogen-bond acceptors (Lipinski definition) is 5. The average molecular weight is 390 g/mol. The summed E-state index contributed by atoms with van der Waals surface area (Å²) in [7, 11) is 0. The molecule has 3 aromatic heterocycles. The van der Waals surface area contributed by atoms with Gasteiger partial charge in [0.2, 0.25) is 11.7 Å². The summed E-state index contributed by atoms with van der Waals surface area (Å²) in [6, 6.07) is 1.56. The zero-order valence-electron chi connectivity index (χ0n) is 15.2. The molecule has 3 aromatic rings. The summed E-state index contributed by atoms with van der Waals surface area (Å²) in [6.07, 6.45) is 3.30. The SMILES string of the molecule is Cc1nc(C(C)(F)F)nc(-n2nc(C3CC3)c3cnc(CC(N)=O)cc32)c1F. The van der Waals surface area contributed by atoms with Crippen LogP contribution in [-0.2, 0) is 17.1 Å². The number of nitrogens with zero attached hydrogens (tertiary/aromatic N) is 5. The van der Waals surface area contributed by atoms with E-state index in [-0.39, 0.29) is 23.9 Å². The number of carbonyl (C=O) groups is 1. The van der Waals surface area contributed by atoms with Crippen molar-refractivity contribution in [2.45, 2.75) is 45.0 Å². The highest BCUT2D eigenvalue weighted by Crippen LogP contribution is 2.43. The topological polar surface area (TPSA) is 99.6 Å². The number of aryl methyl sites for hydroxylation is 1. The maximum Gasteiger partial charge on any atom is 0.303 e. The van der Waals surface area contributed by atoms with Gasteiger partial charge in [-0.25, -0.2) is 19.0 Å². The summed E-state index contributed by atoms with van der Waals surface area (Å²) >= 11 is 0. The van der Waals surface area contributed by atoms with E-state index in [0.29, 0.717) is 29.2 Å². The van der Waals surface area contributed by atoms with Crippen LogP contribution in [-0.4, -0.2) is 30.6 Å². The summed E-state index contributed by atoms with van der Waals surface area (Å²) in [5.41, 5.74) is 6.52. The van der Waals surface area contributed by atoms with Gasteiger partial charge in [-0.15, -0.1) is 0 Å². The monoisotopic (exact) mass is 390 g/mol. The Bertz CT molecular complexity index is 1100. The molecule has 0 atom stereocenters. The van der Waals surface area contributed by atoms with Crippen molar-refractivity contribution in [3.05, 3.63) is 41.0 Å². The van der Waals surface area contributed by atoms with Gasteiger partial charge in [-0.2, -0.15) is 13.9 Å². The molecule has 0 unspecified atom stereocenters. The third-order valence-corrected chi connectivity index (χ3v) is 4.56. The molecule has 1 aliphatic rings. The fraction of sp³-hybridized carbons (Fsp3) is 0.389. The van der Waals surface area contributed by atoms with Crippen molar-refractivity contribution in [2.75, 3.05) is 0 Å². The Kier molecular flexibility index (Phi) is 4.09. The Balaban J connectivity index is 1.97. The second-order valence-electron chi connectivity index (χ2n) is 7.07. The number of pyridine rings is 1. The predicted molar refractivity (Wildman–Crippen MR) is 93.6 cm³/mol. The standard InChI is InChI=1S/C18H17F3N6O/c1-8-14(19)16(25-17(24-8)18(2,20)21)27-12-5-10(6-13(22)28)23-7-11(12)15(26-27)9-3-4-9/h5,7,9H,3-4,6H2,1-2H3,(H2,22,28).